The largest absolute Gasteiger partial charge is 0.383 e. The van der Waals surface area contributed by atoms with E-state index >= 15 is 0 Å². The molecule has 0 unspecified atom stereocenters. The zero-order valence-electron chi connectivity index (χ0n) is 12.1. The van der Waals surface area contributed by atoms with Crippen molar-refractivity contribution >= 4 is 29.0 Å². The predicted octanol–water partition coefficient (Wildman–Crippen LogP) is 3.99. The lowest BCUT2D eigenvalue weighted by Gasteiger charge is -2.15. The number of nitrogens with zero attached hydrogens (tertiary/aromatic N) is 3. The van der Waals surface area contributed by atoms with Crippen LogP contribution in [-0.2, 0) is 12.0 Å². The number of nitrogen functional groups attached to an aromatic ring is 1. The normalized spacial score (nSPS) is 11.4. The topological polar surface area (TPSA) is 67.6 Å². The van der Waals surface area contributed by atoms with Crippen LogP contribution < -0.4 is 5.73 Å². The van der Waals surface area contributed by atoms with E-state index in [1.54, 1.807) is 16.8 Å². The standard InChI is InChI=1S/C15H16Cl2N4/c1-15(2,3)13-10(7-18)14(19)21(20-13)8-9-4-5-11(16)12(17)6-9/h4-6H,8,19H2,1-3H3. The number of rotatable bonds is 2. The van der Waals surface area contributed by atoms with Crippen molar-refractivity contribution in [1.29, 1.82) is 5.26 Å². The van der Waals surface area contributed by atoms with Gasteiger partial charge in [0.2, 0.25) is 0 Å². The van der Waals surface area contributed by atoms with Gasteiger partial charge in [-0.1, -0.05) is 50.0 Å². The maximum Gasteiger partial charge on any atom is 0.140 e. The first kappa shape index (κ1) is 15.7. The molecule has 0 amide bonds. The summed E-state index contributed by atoms with van der Waals surface area (Å²) in [6, 6.07) is 7.50. The van der Waals surface area contributed by atoms with Gasteiger partial charge in [0.1, 0.15) is 17.5 Å². The van der Waals surface area contributed by atoms with Crippen molar-refractivity contribution < 1.29 is 0 Å². The van der Waals surface area contributed by atoms with Crippen LogP contribution >= 0.6 is 23.2 Å². The van der Waals surface area contributed by atoms with Crippen molar-refractivity contribution in [1.82, 2.24) is 9.78 Å². The van der Waals surface area contributed by atoms with E-state index in [0.29, 0.717) is 33.7 Å². The highest BCUT2D eigenvalue weighted by Crippen LogP contribution is 2.29. The van der Waals surface area contributed by atoms with Gasteiger partial charge >= 0.3 is 0 Å². The van der Waals surface area contributed by atoms with Gasteiger partial charge in [0.25, 0.3) is 0 Å². The number of benzene rings is 1. The van der Waals surface area contributed by atoms with Crippen LogP contribution in [0.4, 0.5) is 5.82 Å². The van der Waals surface area contributed by atoms with Crippen LogP contribution in [0.1, 0.15) is 37.6 Å². The number of hydrogen-bond donors (Lipinski definition) is 1. The molecular formula is C15H16Cl2N4. The molecule has 0 spiro atoms. The van der Waals surface area contributed by atoms with Gasteiger partial charge in [0, 0.05) is 5.41 Å². The smallest absolute Gasteiger partial charge is 0.140 e. The molecule has 1 aromatic heterocycles. The molecular weight excluding hydrogens is 307 g/mol. The lowest BCUT2D eigenvalue weighted by atomic mass is 9.90. The summed E-state index contributed by atoms with van der Waals surface area (Å²) < 4.78 is 1.62. The van der Waals surface area contributed by atoms with E-state index in [0.717, 1.165) is 5.56 Å². The number of nitriles is 1. The maximum absolute atomic E-state index is 9.30. The maximum atomic E-state index is 9.30. The molecule has 0 aliphatic rings. The molecule has 2 aromatic rings. The van der Waals surface area contributed by atoms with Crippen molar-refractivity contribution in [2.24, 2.45) is 0 Å². The predicted molar refractivity (Wildman–Crippen MR) is 85.6 cm³/mol. The Labute approximate surface area is 134 Å². The van der Waals surface area contributed by atoms with E-state index in [1.165, 1.54) is 0 Å². The fourth-order valence-electron chi connectivity index (χ4n) is 2.04. The van der Waals surface area contributed by atoms with E-state index in [-0.39, 0.29) is 5.41 Å². The Morgan fingerprint density at radius 1 is 1.29 bits per heavy atom. The van der Waals surface area contributed by atoms with Crippen LogP contribution in [0, 0.1) is 11.3 Å². The fraction of sp³-hybridized carbons (Fsp3) is 0.333. The Morgan fingerprint density at radius 3 is 2.43 bits per heavy atom. The molecule has 0 aliphatic carbocycles. The summed E-state index contributed by atoms with van der Waals surface area (Å²) in [5, 5.41) is 14.8. The van der Waals surface area contributed by atoms with Gasteiger partial charge in [-0.3, -0.25) is 0 Å². The number of aromatic nitrogens is 2. The summed E-state index contributed by atoms with van der Waals surface area (Å²) in [7, 11) is 0. The molecule has 21 heavy (non-hydrogen) atoms. The second-order valence-corrected chi connectivity index (χ2v) is 6.69. The highest BCUT2D eigenvalue weighted by atomic mass is 35.5. The molecule has 110 valence electrons. The second-order valence-electron chi connectivity index (χ2n) is 5.88. The van der Waals surface area contributed by atoms with Gasteiger partial charge in [-0.25, -0.2) is 4.68 Å². The highest BCUT2D eigenvalue weighted by molar-refractivity contribution is 6.42. The van der Waals surface area contributed by atoms with Gasteiger partial charge in [0.05, 0.1) is 22.3 Å². The van der Waals surface area contributed by atoms with Crippen LogP contribution in [0.3, 0.4) is 0 Å². The van der Waals surface area contributed by atoms with Crippen molar-refractivity contribution in [2.45, 2.75) is 32.7 Å². The second kappa shape index (κ2) is 5.59. The van der Waals surface area contributed by atoms with E-state index in [2.05, 4.69) is 11.2 Å². The molecule has 0 atom stereocenters. The zero-order valence-corrected chi connectivity index (χ0v) is 13.6. The van der Waals surface area contributed by atoms with Gasteiger partial charge in [-0.15, -0.1) is 0 Å². The quantitative estimate of drug-likeness (QED) is 0.908. The molecule has 0 saturated carbocycles. The lowest BCUT2D eigenvalue weighted by molar-refractivity contribution is 0.545. The zero-order chi connectivity index (χ0) is 15.8. The van der Waals surface area contributed by atoms with Gasteiger partial charge in [-0.2, -0.15) is 10.4 Å². The number of halogens is 2. The minimum atomic E-state index is -0.248. The Hall–Kier alpha value is -1.70. The Kier molecular flexibility index (Phi) is 4.18. The van der Waals surface area contributed by atoms with Gasteiger partial charge in [-0.05, 0) is 17.7 Å². The first-order chi connectivity index (χ1) is 9.74. The van der Waals surface area contributed by atoms with Crippen LogP contribution in [0.15, 0.2) is 18.2 Å². The molecule has 0 saturated heterocycles. The fourth-order valence-corrected chi connectivity index (χ4v) is 2.36. The summed E-state index contributed by atoms with van der Waals surface area (Å²) >= 11 is 11.9. The van der Waals surface area contributed by atoms with E-state index in [9.17, 15) is 5.26 Å². The summed E-state index contributed by atoms with van der Waals surface area (Å²) in [4.78, 5) is 0. The lowest BCUT2D eigenvalue weighted by Crippen LogP contribution is -2.14. The van der Waals surface area contributed by atoms with Crippen LogP contribution in [0.5, 0.6) is 0 Å². The molecule has 6 heteroatoms. The highest BCUT2D eigenvalue weighted by Gasteiger charge is 2.25. The number of nitrogens with two attached hydrogens (primary N) is 1. The van der Waals surface area contributed by atoms with Gasteiger partial charge in [0.15, 0.2) is 0 Å². The van der Waals surface area contributed by atoms with Crippen molar-refractivity contribution in [3.05, 3.63) is 45.1 Å². The first-order valence-corrected chi connectivity index (χ1v) is 7.20. The Balaban J connectivity index is 2.44. The average Bonchev–Trinajstić information content (AvgIpc) is 2.71. The molecule has 0 aliphatic heterocycles. The molecule has 0 radical (unpaired) electrons. The molecule has 1 aromatic carbocycles. The molecule has 2 N–H and O–H groups in total. The molecule has 2 rings (SSSR count). The number of anilines is 1. The third-order valence-electron chi connectivity index (χ3n) is 3.13. The first-order valence-electron chi connectivity index (χ1n) is 6.45. The minimum Gasteiger partial charge on any atom is -0.383 e. The van der Waals surface area contributed by atoms with Crippen LogP contribution in [0.2, 0.25) is 10.0 Å². The summed E-state index contributed by atoms with van der Waals surface area (Å²) in [5.74, 6) is 0.369. The molecule has 1 heterocycles. The van der Waals surface area contributed by atoms with Crippen molar-refractivity contribution in [3.8, 4) is 6.07 Å². The van der Waals surface area contributed by atoms with E-state index in [4.69, 9.17) is 28.9 Å². The minimum absolute atomic E-state index is 0.248. The Bertz CT molecular complexity index is 720. The third kappa shape index (κ3) is 3.15. The van der Waals surface area contributed by atoms with Crippen LogP contribution in [-0.4, -0.2) is 9.78 Å². The molecule has 0 fully saturated rings. The summed E-state index contributed by atoms with van der Waals surface area (Å²) in [5.41, 5.74) is 7.85. The summed E-state index contributed by atoms with van der Waals surface area (Å²) in [6.07, 6.45) is 0. The van der Waals surface area contributed by atoms with E-state index < -0.39 is 0 Å². The average molecular weight is 323 g/mol. The molecule has 4 nitrogen and oxygen atoms in total. The SMILES string of the molecule is CC(C)(C)c1nn(Cc2ccc(Cl)c(Cl)c2)c(N)c1C#N. The van der Waals surface area contributed by atoms with Crippen LogP contribution in [0.25, 0.3) is 0 Å². The molecule has 0 bridgehead atoms. The monoisotopic (exact) mass is 322 g/mol. The van der Waals surface area contributed by atoms with Crippen molar-refractivity contribution in [3.63, 3.8) is 0 Å². The Morgan fingerprint density at radius 2 is 1.95 bits per heavy atom. The summed E-state index contributed by atoms with van der Waals surface area (Å²) in [6.45, 7) is 6.44. The third-order valence-corrected chi connectivity index (χ3v) is 3.87. The van der Waals surface area contributed by atoms with Gasteiger partial charge < -0.3 is 5.73 Å². The number of hydrogen-bond acceptors (Lipinski definition) is 3. The van der Waals surface area contributed by atoms with Crippen molar-refractivity contribution in [2.75, 3.05) is 5.73 Å². The van der Waals surface area contributed by atoms with E-state index in [1.807, 2.05) is 26.8 Å².